The van der Waals surface area contributed by atoms with Gasteiger partial charge < -0.3 is 0 Å². The van der Waals surface area contributed by atoms with Crippen molar-refractivity contribution in [2.75, 3.05) is 6.26 Å². The smallest absolute Gasteiger partial charge is 0.266 e. The van der Waals surface area contributed by atoms with Gasteiger partial charge >= 0.3 is 0 Å². The summed E-state index contributed by atoms with van der Waals surface area (Å²) >= 11 is 7.62. The van der Waals surface area contributed by atoms with Gasteiger partial charge in [0.1, 0.15) is 0 Å². The quantitative estimate of drug-likeness (QED) is 0.344. The standard InChI is InChI=1S/C20H13ClN6O2S/c1-30-20-23-19(24-25-20)27-9-7-15-12(18(27)29)10-11-14(22-15)6-8-26(17(11)28)16-5-3-2-4-13(16)21/h2-10H,1H3,(H,23,24,25). The van der Waals surface area contributed by atoms with Gasteiger partial charge in [-0.3, -0.25) is 18.7 Å². The second-order valence-electron chi connectivity index (χ2n) is 6.43. The van der Waals surface area contributed by atoms with Crippen LogP contribution in [-0.4, -0.2) is 35.6 Å². The number of para-hydroxylation sites is 1. The number of halogens is 1. The number of benzene rings is 1. The summed E-state index contributed by atoms with van der Waals surface area (Å²) in [5.41, 5.74) is 0.885. The molecule has 0 atom stereocenters. The van der Waals surface area contributed by atoms with Crippen molar-refractivity contribution < 1.29 is 0 Å². The minimum Gasteiger partial charge on any atom is -0.282 e. The molecule has 0 aliphatic carbocycles. The van der Waals surface area contributed by atoms with Gasteiger partial charge in [-0.1, -0.05) is 35.5 Å². The maximum Gasteiger partial charge on any atom is 0.266 e. The molecule has 4 heterocycles. The van der Waals surface area contributed by atoms with Crippen molar-refractivity contribution >= 4 is 45.2 Å². The number of nitrogens with zero attached hydrogens (tertiary/aromatic N) is 5. The first-order valence-electron chi connectivity index (χ1n) is 8.86. The van der Waals surface area contributed by atoms with Crippen molar-refractivity contribution in [1.29, 1.82) is 0 Å². The predicted molar refractivity (Wildman–Crippen MR) is 117 cm³/mol. The molecule has 0 bridgehead atoms. The molecular formula is C20H13ClN6O2S. The molecule has 0 radical (unpaired) electrons. The monoisotopic (exact) mass is 436 g/mol. The lowest BCUT2D eigenvalue weighted by atomic mass is 10.2. The fraction of sp³-hybridized carbons (Fsp3) is 0.0500. The summed E-state index contributed by atoms with van der Waals surface area (Å²) in [5, 5.41) is 8.38. The van der Waals surface area contributed by atoms with Crippen molar-refractivity contribution in [3.63, 3.8) is 0 Å². The van der Waals surface area contributed by atoms with Crippen LogP contribution in [0.3, 0.4) is 0 Å². The van der Waals surface area contributed by atoms with Crippen LogP contribution in [0.1, 0.15) is 0 Å². The van der Waals surface area contributed by atoms with Gasteiger partial charge in [0.25, 0.3) is 11.1 Å². The Morgan fingerprint density at radius 2 is 1.60 bits per heavy atom. The third-order valence-corrected chi connectivity index (χ3v) is 5.59. The van der Waals surface area contributed by atoms with E-state index in [1.807, 2.05) is 6.26 Å². The van der Waals surface area contributed by atoms with Crippen LogP contribution in [0.25, 0.3) is 33.4 Å². The molecule has 0 aliphatic heterocycles. The van der Waals surface area contributed by atoms with Crippen LogP contribution < -0.4 is 11.1 Å². The zero-order chi connectivity index (χ0) is 20.8. The first-order valence-corrected chi connectivity index (χ1v) is 10.5. The summed E-state index contributed by atoms with van der Waals surface area (Å²) in [5.74, 6) is 0.299. The average molecular weight is 437 g/mol. The molecule has 0 saturated heterocycles. The highest BCUT2D eigenvalue weighted by atomic mass is 35.5. The van der Waals surface area contributed by atoms with Crippen molar-refractivity contribution in [2.45, 2.75) is 5.16 Å². The first kappa shape index (κ1) is 18.6. The van der Waals surface area contributed by atoms with Crippen LogP contribution in [0, 0.1) is 0 Å². The SMILES string of the molecule is CSc1n[nH]c(-n2ccc3nc4ccn(-c5ccccc5Cl)c(=O)c4cc3c2=O)n1. The van der Waals surface area contributed by atoms with Crippen LogP contribution in [0.4, 0.5) is 0 Å². The van der Waals surface area contributed by atoms with Crippen LogP contribution in [-0.2, 0) is 0 Å². The van der Waals surface area contributed by atoms with Gasteiger partial charge in [0.15, 0.2) is 0 Å². The highest BCUT2D eigenvalue weighted by molar-refractivity contribution is 7.98. The molecule has 5 rings (SSSR count). The minimum absolute atomic E-state index is 0.299. The van der Waals surface area contributed by atoms with Gasteiger partial charge in [-0.05, 0) is 36.6 Å². The third-order valence-electron chi connectivity index (χ3n) is 4.72. The van der Waals surface area contributed by atoms with Crippen LogP contribution in [0.5, 0.6) is 0 Å². The fourth-order valence-corrected chi connectivity index (χ4v) is 3.81. The molecule has 30 heavy (non-hydrogen) atoms. The lowest BCUT2D eigenvalue weighted by Gasteiger charge is -2.09. The van der Waals surface area contributed by atoms with Gasteiger partial charge in [-0.25, -0.2) is 10.1 Å². The van der Waals surface area contributed by atoms with E-state index >= 15 is 0 Å². The number of hydrogen-bond donors (Lipinski definition) is 1. The molecule has 1 N–H and O–H groups in total. The highest BCUT2D eigenvalue weighted by Gasteiger charge is 2.13. The number of pyridine rings is 3. The number of rotatable bonds is 3. The summed E-state index contributed by atoms with van der Waals surface area (Å²) in [6.45, 7) is 0. The van der Waals surface area contributed by atoms with E-state index in [4.69, 9.17) is 11.6 Å². The molecule has 0 amide bonds. The van der Waals surface area contributed by atoms with Crippen molar-refractivity contribution in [2.24, 2.45) is 0 Å². The predicted octanol–water partition coefficient (Wildman–Crippen LogP) is 3.18. The third kappa shape index (κ3) is 2.90. The van der Waals surface area contributed by atoms with E-state index in [1.165, 1.54) is 20.9 Å². The molecule has 0 saturated carbocycles. The Kier molecular flexibility index (Phi) is 4.41. The Labute approximate surface area is 178 Å². The number of fused-ring (bicyclic) bond motifs is 2. The molecular weight excluding hydrogens is 424 g/mol. The lowest BCUT2D eigenvalue weighted by Crippen LogP contribution is -2.21. The summed E-state index contributed by atoms with van der Waals surface area (Å²) < 4.78 is 2.79. The number of thioether (sulfide) groups is 1. The maximum absolute atomic E-state index is 13.2. The van der Waals surface area contributed by atoms with Crippen LogP contribution >= 0.6 is 23.4 Å². The van der Waals surface area contributed by atoms with Gasteiger partial charge in [0, 0.05) is 12.4 Å². The van der Waals surface area contributed by atoms with Crippen molar-refractivity contribution in [3.05, 3.63) is 80.6 Å². The molecule has 0 spiro atoms. The molecule has 0 unspecified atom stereocenters. The van der Waals surface area contributed by atoms with E-state index in [0.29, 0.717) is 43.6 Å². The molecule has 10 heteroatoms. The Balaban J connectivity index is 1.77. The summed E-state index contributed by atoms with van der Waals surface area (Å²) in [6, 6.07) is 12.1. The van der Waals surface area contributed by atoms with E-state index in [2.05, 4.69) is 20.2 Å². The Morgan fingerprint density at radius 1 is 0.933 bits per heavy atom. The zero-order valence-electron chi connectivity index (χ0n) is 15.5. The van der Waals surface area contributed by atoms with E-state index < -0.39 is 0 Å². The van der Waals surface area contributed by atoms with E-state index in [-0.39, 0.29) is 11.1 Å². The van der Waals surface area contributed by atoms with E-state index in [1.54, 1.807) is 54.9 Å². The van der Waals surface area contributed by atoms with Gasteiger partial charge in [0.05, 0.1) is 32.5 Å². The number of H-pyrrole nitrogens is 1. The molecule has 5 aromatic rings. The van der Waals surface area contributed by atoms with E-state index in [9.17, 15) is 9.59 Å². The second kappa shape index (κ2) is 7.12. The number of aromatic nitrogens is 6. The summed E-state index contributed by atoms with van der Waals surface area (Å²) in [7, 11) is 0. The van der Waals surface area contributed by atoms with Gasteiger partial charge in [-0.15, -0.1) is 5.10 Å². The van der Waals surface area contributed by atoms with Crippen molar-refractivity contribution in [3.8, 4) is 11.6 Å². The molecule has 4 aromatic heterocycles. The normalized spacial score (nSPS) is 11.4. The largest absolute Gasteiger partial charge is 0.282 e. The topological polar surface area (TPSA) is 98.5 Å². The molecule has 148 valence electrons. The molecule has 8 nitrogen and oxygen atoms in total. The maximum atomic E-state index is 13.2. The minimum atomic E-state index is -0.349. The number of hydrogen-bond acceptors (Lipinski definition) is 6. The zero-order valence-corrected chi connectivity index (χ0v) is 17.1. The van der Waals surface area contributed by atoms with Gasteiger partial charge in [0.2, 0.25) is 11.1 Å². The van der Waals surface area contributed by atoms with E-state index in [0.717, 1.165) is 0 Å². The Hall–Kier alpha value is -3.43. The number of nitrogens with one attached hydrogen (secondary N) is 1. The average Bonchev–Trinajstić information content (AvgIpc) is 3.23. The first-order chi connectivity index (χ1) is 14.6. The van der Waals surface area contributed by atoms with Crippen molar-refractivity contribution in [1.82, 2.24) is 29.3 Å². The second-order valence-corrected chi connectivity index (χ2v) is 7.61. The Morgan fingerprint density at radius 3 is 2.27 bits per heavy atom. The lowest BCUT2D eigenvalue weighted by molar-refractivity contribution is 0.901. The van der Waals surface area contributed by atoms with Gasteiger partial charge in [-0.2, -0.15) is 4.98 Å². The number of aromatic amines is 1. The van der Waals surface area contributed by atoms with Crippen LogP contribution in [0.2, 0.25) is 5.02 Å². The highest BCUT2D eigenvalue weighted by Crippen LogP contribution is 2.20. The molecule has 0 aliphatic rings. The fourth-order valence-electron chi connectivity index (χ4n) is 3.27. The van der Waals surface area contributed by atoms with Crippen LogP contribution in [0.15, 0.2) is 69.6 Å². The summed E-state index contributed by atoms with van der Waals surface area (Å²) in [6.07, 6.45) is 5.06. The summed E-state index contributed by atoms with van der Waals surface area (Å²) in [4.78, 5) is 35.0. The Bertz CT molecular complexity index is 1560. The molecule has 1 aromatic carbocycles. The molecule has 0 fully saturated rings.